The predicted octanol–water partition coefficient (Wildman–Crippen LogP) is 5.76. The van der Waals surface area contributed by atoms with E-state index in [1.54, 1.807) is 0 Å². The van der Waals surface area contributed by atoms with E-state index in [2.05, 4.69) is 4.74 Å². The Labute approximate surface area is 418 Å². The van der Waals surface area contributed by atoms with Gasteiger partial charge < -0.3 is 66.1 Å². The number of hydrogen-bond donors (Lipinski definition) is 2. The Bertz CT molecular complexity index is 2970. The number of ether oxygens (including phenoxy) is 13. The van der Waals surface area contributed by atoms with E-state index in [4.69, 9.17) is 61.4 Å². The molecule has 5 aliphatic rings. The molecule has 4 aromatic rings. The van der Waals surface area contributed by atoms with Crippen molar-refractivity contribution in [3.8, 4) is 40.2 Å². The van der Waals surface area contributed by atoms with Crippen LogP contribution in [-0.4, -0.2) is 112 Å². The molecule has 1 aliphatic carbocycles. The molecule has 20 nitrogen and oxygen atoms in total. The second kappa shape index (κ2) is 21.0. The Morgan fingerprint density at radius 1 is 0.658 bits per heavy atom. The van der Waals surface area contributed by atoms with Crippen molar-refractivity contribution >= 4 is 25.7 Å². The maximum Gasteiger partial charge on any atom is 0.525 e. The van der Waals surface area contributed by atoms with Gasteiger partial charge >= 0.3 is 25.7 Å². The number of phosphoric ester groups is 1. The van der Waals surface area contributed by atoms with Crippen molar-refractivity contribution in [2.24, 2.45) is 11.8 Å². The third-order valence-electron chi connectivity index (χ3n) is 12.4. The van der Waals surface area contributed by atoms with Crippen LogP contribution in [0.25, 0.3) is 0 Å². The average Bonchev–Trinajstić information content (AvgIpc) is 4.05. The molecular weight excluding hydrogens is 1080 g/mol. The van der Waals surface area contributed by atoms with E-state index < -0.39 is 188 Å². The fourth-order valence-corrected chi connectivity index (χ4v) is 9.63. The van der Waals surface area contributed by atoms with Crippen molar-refractivity contribution in [1.82, 2.24) is 0 Å². The summed E-state index contributed by atoms with van der Waals surface area (Å²) in [5.41, 5.74) is 0.566. The van der Waals surface area contributed by atoms with Gasteiger partial charge in [0, 0.05) is 11.8 Å². The topological polar surface area (TPSA) is 238 Å². The zero-order valence-electron chi connectivity index (χ0n) is 38.6. The Balaban J connectivity index is 1.12. The highest BCUT2D eigenvalue weighted by atomic mass is 31.2. The first-order chi connectivity index (χ1) is 36.0. The summed E-state index contributed by atoms with van der Waals surface area (Å²) < 4.78 is 232. The minimum atomic E-state index is -5.24. The number of hydrogen-bond acceptors (Lipinski definition) is 18. The van der Waals surface area contributed by atoms with Crippen LogP contribution in [0.4, 0.5) is 43.9 Å². The van der Waals surface area contributed by atoms with Crippen molar-refractivity contribution in [3.63, 3.8) is 0 Å². The smallest absolute Gasteiger partial charge is 0.493 e. The fourth-order valence-electron chi connectivity index (χ4n) is 9.21. The lowest BCUT2D eigenvalue weighted by Crippen LogP contribution is -2.65. The molecule has 0 amide bonds. The van der Waals surface area contributed by atoms with Crippen LogP contribution in [0.1, 0.15) is 35.6 Å². The van der Waals surface area contributed by atoms with Crippen molar-refractivity contribution in [2.75, 3.05) is 47.4 Å². The highest BCUT2D eigenvalue weighted by Gasteiger charge is 2.58. The molecule has 0 saturated carbocycles. The number of methoxy groups -OCH3 is 2. The molecule has 0 spiro atoms. The number of phosphoric acid groups is 1. The second-order valence-electron chi connectivity index (χ2n) is 16.9. The summed E-state index contributed by atoms with van der Waals surface area (Å²) >= 11 is 0. The summed E-state index contributed by atoms with van der Waals surface area (Å²) in [6.07, 6.45) is -12.2. The third kappa shape index (κ3) is 9.92. The molecule has 4 aliphatic heterocycles. The molecular formula is C45H35F10O20P. The van der Waals surface area contributed by atoms with Crippen LogP contribution in [0.5, 0.6) is 40.2 Å². The van der Waals surface area contributed by atoms with E-state index in [1.165, 1.54) is 31.2 Å². The summed E-state index contributed by atoms with van der Waals surface area (Å²) in [6, 6.07) is 5.48. The van der Waals surface area contributed by atoms with Gasteiger partial charge in [-0.25, -0.2) is 40.5 Å². The molecule has 31 heteroatoms. The Hall–Kier alpha value is -6.82. The standard InChI is InChI=1S/C45H35F10O20P/c1-13-64-9-22-39(70-13)42(72-23(56)10-65-40-33(52)29(48)27(46)30(49)34(40)53)43(73-24(57)11-66-41-35(54)31(50)28(47)32(51)36(41)55)45(71-22)74-37-16-7-19-18(68-12-69-19)6-15(16)25(26-17(37)8-67-44(26)58)14-4-20(62-2)38(21(5-14)63-3)75-76(59,60)61/h4-7,13,17,22,25-26,37,39,42-43,45H,8-12H2,1-3H3,(H2,59,60,61)/t13-,17+,22-,25-,26?,37-,39-,42+,43-,45+/m1/s1. The highest BCUT2D eigenvalue weighted by molar-refractivity contribution is 7.46. The molecule has 0 aromatic heterocycles. The van der Waals surface area contributed by atoms with Gasteiger partial charge in [-0.2, -0.15) is 17.6 Å². The van der Waals surface area contributed by atoms with Gasteiger partial charge in [-0.05, 0) is 47.9 Å². The van der Waals surface area contributed by atoms with Gasteiger partial charge in [-0.1, -0.05) is 0 Å². The molecule has 4 aromatic carbocycles. The van der Waals surface area contributed by atoms with Gasteiger partial charge in [0.05, 0.1) is 39.5 Å². The van der Waals surface area contributed by atoms with Crippen molar-refractivity contribution < 1.29 is 139 Å². The van der Waals surface area contributed by atoms with Crippen molar-refractivity contribution in [1.29, 1.82) is 0 Å². The summed E-state index contributed by atoms with van der Waals surface area (Å²) in [5.74, 6) is -37.4. The Morgan fingerprint density at radius 2 is 1.16 bits per heavy atom. The molecule has 3 fully saturated rings. The van der Waals surface area contributed by atoms with Crippen LogP contribution in [0.2, 0.25) is 0 Å². The number of rotatable bonds is 15. The van der Waals surface area contributed by atoms with Crippen molar-refractivity contribution in [3.05, 3.63) is 99.1 Å². The zero-order chi connectivity index (χ0) is 54.8. The van der Waals surface area contributed by atoms with Gasteiger partial charge in [-0.15, -0.1) is 0 Å². The van der Waals surface area contributed by atoms with E-state index in [0.717, 1.165) is 14.2 Å². The normalized spacial score (nSPS) is 25.4. The highest BCUT2D eigenvalue weighted by Crippen LogP contribution is 2.58. The minimum absolute atomic E-state index is 0.108. The van der Waals surface area contributed by atoms with Gasteiger partial charge in [0.2, 0.25) is 70.7 Å². The largest absolute Gasteiger partial charge is 0.525 e. The van der Waals surface area contributed by atoms with Crippen LogP contribution in [0.3, 0.4) is 0 Å². The zero-order valence-corrected chi connectivity index (χ0v) is 39.5. The SMILES string of the molecule is COc1cc([C@@H]2c3cc4c(cc3[C@@H](O[C@@H]3O[C@@H]5CO[C@@H](C)O[C@H]5[C@H](OC(=O)COc5c(F)c(F)c(F)c(F)c5F)[C@H]3OC(=O)COc3c(F)c(F)c(F)c(F)c3F)[C@H]3COC(=O)C23)OCO4)cc(OC)c1OP(=O)(O)O. The Morgan fingerprint density at radius 3 is 1.67 bits per heavy atom. The van der Waals surface area contributed by atoms with Crippen LogP contribution in [0.15, 0.2) is 24.3 Å². The van der Waals surface area contributed by atoms with Crippen LogP contribution < -0.4 is 32.9 Å². The molecule has 0 radical (unpaired) electrons. The summed E-state index contributed by atoms with van der Waals surface area (Å²) in [6.45, 7) is -3.16. The lowest BCUT2D eigenvalue weighted by Gasteiger charge is -2.49. The molecule has 3 saturated heterocycles. The lowest BCUT2D eigenvalue weighted by atomic mass is 9.66. The van der Waals surface area contributed by atoms with Gasteiger partial charge in [-0.3, -0.25) is 14.6 Å². The first-order valence-electron chi connectivity index (χ1n) is 21.9. The molecule has 410 valence electrons. The molecule has 2 N–H and O–H groups in total. The number of carbonyl (C=O) groups excluding carboxylic acids is 3. The molecule has 1 unspecified atom stereocenters. The molecule has 0 bridgehead atoms. The number of halogens is 10. The number of fused-ring (bicyclic) bond motifs is 4. The van der Waals surface area contributed by atoms with Gasteiger partial charge in [0.15, 0.2) is 72.5 Å². The third-order valence-corrected chi connectivity index (χ3v) is 12.9. The van der Waals surface area contributed by atoms with Crippen LogP contribution in [-0.2, 0) is 52.1 Å². The maximum absolute atomic E-state index is 14.7. The number of benzene rings is 4. The molecule has 76 heavy (non-hydrogen) atoms. The van der Waals surface area contributed by atoms with Crippen LogP contribution in [0, 0.1) is 70.0 Å². The van der Waals surface area contributed by atoms with Gasteiger partial charge in [0.25, 0.3) is 0 Å². The lowest BCUT2D eigenvalue weighted by molar-refractivity contribution is -0.366. The van der Waals surface area contributed by atoms with E-state index in [1.807, 2.05) is 0 Å². The van der Waals surface area contributed by atoms with E-state index in [0.29, 0.717) is 0 Å². The molecule has 9 rings (SSSR count). The number of cyclic esters (lactones) is 1. The minimum Gasteiger partial charge on any atom is -0.493 e. The number of esters is 3. The fraction of sp³-hybridized carbons (Fsp3) is 0.400. The van der Waals surface area contributed by atoms with E-state index in [9.17, 15) is 72.6 Å². The second-order valence-corrected chi connectivity index (χ2v) is 18.0. The van der Waals surface area contributed by atoms with E-state index >= 15 is 0 Å². The van der Waals surface area contributed by atoms with Crippen molar-refractivity contribution in [2.45, 2.75) is 55.9 Å². The monoisotopic (exact) mass is 1120 g/mol. The number of carbonyl (C=O) groups is 3. The molecule has 10 atom stereocenters. The quantitative estimate of drug-likeness (QED) is 0.0360. The maximum atomic E-state index is 14.7. The predicted molar refractivity (Wildman–Crippen MR) is 221 cm³/mol. The summed E-state index contributed by atoms with van der Waals surface area (Å²) in [4.78, 5) is 60.7. The van der Waals surface area contributed by atoms with E-state index in [-0.39, 0.29) is 46.5 Å². The first kappa shape index (κ1) is 54.0. The van der Waals surface area contributed by atoms with Crippen LogP contribution >= 0.6 is 7.82 Å². The summed E-state index contributed by atoms with van der Waals surface area (Å²) in [7, 11) is -2.95. The average molecular weight is 1120 g/mol. The molecule has 4 heterocycles. The van der Waals surface area contributed by atoms with Gasteiger partial charge in [0.1, 0.15) is 12.2 Å². The summed E-state index contributed by atoms with van der Waals surface area (Å²) in [5, 5.41) is 0. The first-order valence-corrected chi connectivity index (χ1v) is 23.4. The Kier molecular flexibility index (Phi) is 14.9.